The van der Waals surface area contributed by atoms with Crippen molar-refractivity contribution in [2.24, 2.45) is 11.7 Å². The van der Waals surface area contributed by atoms with E-state index in [0.717, 1.165) is 37.1 Å². The molecule has 6 heteroatoms. The zero-order valence-corrected chi connectivity index (χ0v) is 12.0. The molecule has 0 saturated heterocycles. The Labute approximate surface area is 118 Å². The van der Waals surface area contributed by atoms with Crippen molar-refractivity contribution in [3.05, 3.63) is 16.5 Å². The highest BCUT2D eigenvalue weighted by Gasteiger charge is 2.25. The molecule has 1 heterocycles. The lowest BCUT2D eigenvalue weighted by atomic mass is 9.85. The summed E-state index contributed by atoms with van der Waals surface area (Å²) in [5, 5.41) is 3.72. The molecule has 3 N–H and O–H groups in total. The summed E-state index contributed by atoms with van der Waals surface area (Å²) in [4.78, 5) is 19.8. The van der Waals surface area contributed by atoms with E-state index in [1.807, 2.05) is 13.8 Å². The van der Waals surface area contributed by atoms with Gasteiger partial charge < -0.3 is 11.1 Å². The fourth-order valence-electron chi connectivity index (χ4n) is 2.38. The average molecular weight is 283 g/mol. The molecule has 19 heavy (non-hydrogen) atoms. The number of nitrogens with zero attached hydrogens (tertiary/aromatic N) is 2. The van der Waals surface area contributed by atoms with Gasteiger partial charge in [-0.05, 0) is 39.5 Å². The zero-order valence-electron chi connectivity index (χ0n) is 11.2. The number of aryl methyl sites for hydroxylation is 2. The van der Waals surface area contributed by atoms with Gasteiger partial charge in [0.25, 0.3) is 0 Å². The van der Waals surface area contributed by atoms with Gasteiger partial charge in [0.15, 0.2) is 11.0 Å². The Kier molecular flexibility index (Phi) is 4.24. The molecule has 0 atom stereocenters. The first-order chi connectivity index (χ1) is 8.97. The lowest BCUT2D eigenvalue weighted by molar-refractivity contribution is -0.122. The molecule has 1 aromatic heterocycles. The Morgan fingerprint density at radius 2 is 1.79 bits per heavy atom. The lowest BCUT2D eigenvalue weighted by Gasteiger charge is -2.28. The van der Waals surface area contributed by atoms with Crippen LogP contribution in [0.25, 0.3) is 0 Å². The number of aromatic nitrogens is 2. The molecule has 0 unspecified atom stereocenters. The number of carbonyl (C=O) groups excluding carboxylic acids is 1. The SMILES string of the molecule is Cc1nc(Cl)c(NC2CCC(C(N)=O)CC2)nc1C. The van der Waals surface area contributed by atoms with Crippen LogP contribution in [0.2, 0.25) is 5.15 Å². The first-order valence-electron chi connectivity index (χ1n) is 6.54. The predicted octanol–water partition coefficient (Wildman–Crippen LogP) is 2.20. The summed E-state index contributed by atoms with van der Waals surface area (Å²) in [7, 11) is 0. The summed E-state index contributed by atoms with van der Waals surface area (Å²) < 4.78 is 0. The molecule has 2 rings (SSSR count). The Hall–Kier alpha value is -1.36. The van der Waals surface area contributed by atoms with E-state index in [-0.39, 0.29) is 17.9 Å². The minimum atomic E-state index is -0.192. The third-order valence-electron chi connectivity index (χ3n) is 3.73. The molecule has 0 bridgehead atoms. The second-order valence-electron chi connectivity index (χ2n) is 5.13. The Bertz CT molecular complexity index is 484. The maximum Gasteiger partial charge on any atom is 0.220 e. The number of anilines is 1. The predicted molar refractivity (Wildman–Crippen MR) is 75.1 cm³/mol. The number of carbonyl (C=O) groups is 1. The van der Waals surface area contributed by atoms with Crippen molar-refractivity contribution in [2.45, 2.75) is 45.6 Å². The van der Waals surface area contributed by atoms with Crippen molar-refractivity contribution in [3.8, 4) is 0 Å². The number of nitrogens with two attached hydrogens (primary N) is 1. The van der Waals surface area contributed by atoms with Crippen molar-refractivity contribution in [3.63, 3.8) is 0 Å². The molecule has 0 radical (unpaired) electrons. The van der Waals surface area contributed by atoms with Crippen LogP contribution in [-0.2, 0) is 4.79 Å². The molecule has 1 fully saturated rings. The number of hydrogen-bond donors (Lipinski definition) is 2. The lowest BCUT2D eigenvalue weighted by Crippen LogP contribution is -2.32. The second-order valence-corrected chi connectivity index (χ2v) is 5.49. The van der Waals surface area contributed by atoms with Gasteiger partial charge in [-0.25, -0.2) is 9.97 Å². The first kappa shape index (κ1) is 14.1. The van der Waals surface area contributed by atoms with Crippen LogP contribution in [0.4, 0.5) is 5.82 Å². The molecule has 5 nitrogen and oxygen atoms in total. The van der Waals surface area contributed by atoms with E-state index in [0.29, 0.717) is 11.0 Å². The highest BCUT2D eigenvalue weighted by Crippen LogP contribution is 2.28. The molecule has 1 amide bonds. The summed E-state index contributed by atoms with van der Waals surface area (Å²) in [6, 6.07) is 0.282. The van der Waals surface area contributed by atoms with E-state index in [4.69, 9.17) is 17.3 Å². The molecule has 1 saturated carbocycles. The van der Waals surface area contributed by atoms with Crippen molar-refractivity contribution in [1.29, 1.82) is 0 Å². The molecule has 1 aromatic rings. The van der Waals surface area contributed by atoms with Gasteiger partial charge in [0, 0.05) is 12.0 Å². The molecule has 0 aromatic carbocycles. The summed E-state index contributed by atoms with van der Waals surface area (Å²) in [6.45, 7) is 3.80. The van der Waals surface area contributed by atoms with Gasteiger partial charge in [0.05, 0.1) is 11.4 Å². The summed E-state index contributed by atoms with van der Waals surface area (Å²) in [5.74, 6) is 0.453. The van der Waals surface area contributed by atoms with Crippen LogP contribution >= 0.6 is 11.6 Å². The van der Waals surface area contributed by atoms with Gasteiger partial charge in [0.2, 0.25) is 5.91 Å². The maximum atomic E-state index is 11.1. The van der Waals surface area contributed by atoms with Gasteiger partial charge in [-0.3, -0.25) is 4.79 Å². The molecule has 1 aliphatic rings. The van der Waals surface area contributed by atoms with Crippen molar-refractivity contribution >= 4 is 23.3 Å². The van der Waals surface area contributed by atoms with Crippen molar-refractivity contribution in [2.75, 3.05) is 5.32 Å². The number of primary amides is 1. The van der Waals surface area contributed by atoms with Gasteiger partial charge in [0.1, 0.15) is 0 Å². The number of nitrogens with one attached hydrogen (secondary N) is 1. The third-order valence-corrected chi connectivity index (χ3v) is 4.00. The van der Waals surface area contributed by atoms with Gasteiger partial charge in [-0.2, -0.15) is 0 Å². The van der Waals surface area contributed by atoms with Crippen molar-refractivity contribution in [1.82, 2.24) is 9.97 Å². The minimum absolute atomic E-state index is 0.0133. The first-order valence-corrected chi connectivity index (χ1v) is 6.91. The van der Waals surface area contributed by atoms with Crippen LogP contribution in [0.5, 0.6) is 0 Å². The summed E-state index contributed by atoms with van der Waals surface area (Å²) >= 11 is 6.09. The highest BCUT2D eigenvalue weighted by molar-refractivity contribution is 6.31. The van der Waals surface area contributed by atoms with E-state index in [9.17, 15) is 4.79 Å². The Morgan fingerprint density at radius 3 is 2.37 bits per heavy atom. The van der Waals surface area contributed by atoms with Crippen LogP contribution in [0.1, 0.15) is 37.1 Å². The smallest absolute Gasteiger partial charge is 0.220 e. The van der Waals surface area contributed by atoms with E-state index in [1.165, 1.54) is 0 Å². The van der Waals surface area contributed by atoms with E-state index >= 15 is 0 Å². The molecule has 0 aliphatic heterocycles. The van der Waals surface area contributed by atoms with Crippen LogP contribution in [0.3, 0.4) is 0 Å². The number of rotatable bonds is 3. The van der Waals surface area contributed by atoms with E-state index in [1.54, 1.807) is 0 Å². The number of halogens is 1. The summed E-state index contributed by atoms with van der Waals surface area (Å²) in [5.41, 5.74) is 7.04. The Morgan fingerprint density at radius 1 is 1.21 bits per heavy atom. The summed E-state index contributed by atoms with van der Waals surface area (Å²) in [6.07, 6.45) is 3.45. The largest absolute Gasteiger partial charge is 0.369 e. The fraction of sp³-hybridized carbons (Fsp3) is 0.615. The van der Waals surface area contributed by atoms with Crippen LogP contribution in [0.15, 0.2) is 0 Å². The monoisotopic (exact) mass is 282 g/mol. The second kappa shape index (κ2) is 5.74. The fourth-order valence-corrected chi connectivity index (χ4v) is 2.61. The van der Waals surface area contributed by atoms with Crippen LogP contribution < -0.4 is 11.1 Å². The molecule has 104 valence electrons. The van der Waals surface area contributed by atoms with Gasteiger partial charge >= 0.3 is 0 Å². The highest BCUT2D eigenvalue weighted by atomic mass is 35.5. The Balaban J connectivity index is 1.99. The molecular formula is C13H19ClN4O. The van der Waals surface area contributed by atoms with Crippen LogP contribution in [-0.4, -0.2) is 21.9 Å². The number of amides is 1. The van der Waals surface area contributed by atoms with Crippen molar-refractivity contribution < 1.29 is 4.79 Å². The quantitative estimate of drug-likeness (QED) is 0.890. The van der Waals surface area contributed by atoms with Crippen LogP contribution in [0, 0.1) is 19.8 Å². The molecular weight excluding hydrogens is 264 g/mol. The third kappa shape index (κ3) is 3.35. The van der Waals surface area contributed by atoms with Gasteiger partial charge in [-0.1, -0.05) is 11.6 Å². The van der Waals surface area contributed by atoms with E-state index in [2.05, 4.69) is 15.3 Å². The zero-order chi connectivity index (χ0) is 14.0. The minimum Gasteiger partial charge on any atom is -0.369 e. The molecule has 0 spiro atoms. The average Bonchev–Trinajstić information content (AvgIpc) is 2.36. The van der Waals surface area contributed by atoms with E-state index < -0.39 is 0 Å². The topological polar surface area (TPSA) is 80.9 Å². The molecule has 1 aliphatic carbocycles. The van der Waals surface area contributed by atoms with Gasteiger partial charge in [-0.15, -0.1) is 0 Å². The number of hydrogen-bond acceptors (Lipinski definition) is 4. The standard InChI is InChI=1S/C13H19ClN4O/c1-7-8(2)17-13(11(14)16-7)18-10-5-3-9(4-6-10)12(15)19/h9-10H,3-6H2,1-2H3,(H2,15,19)(H,17,18). The normalized spacial score (nSPS) is 23.1. The maximum absolute atomic E-state index is 11.1.